The van der Waals surface area contributed by atoms with Gasteiger partial charge in [0.2, 0.25) is 5.95 Å². The summed E-state index contributed by atoms with van der Waals surface area (Å²) in [5, 5.41) is 2.95. The molecule has 0 saturated carbocycles. The first-order valence-corrected chi connectivity index (χ1v) is 3.70. The maximum atomic E-state index is 13.2. The molecule has 1 aromatic heterocycles. The second-order valence-corrected chi connectivity index (χ2v) is 2.76. The minimum absolute atomic E-state index is 0.366. The van der Waals surface area contributed by atoms with Crippen molar-refractivity contribution in [3.63, 3.8) is 0 Å². The fourth-order valence-electron chi connectivity index (χ4n) is 1.03. The molecule has 1 heterocycles. The van der Waals surface area contributed by atoms with Crippen LogP contribution in [0.25, 0.3) is 0 Å². The van der Waals surface area contributed by atoms with Crippen LogP contribution in [0.5, 0.6) is 0 Å². The molecule has 0 atom stereocenters. The van der Waals surface area contributed by atoms with Crippen LogP contribution in [0.3, 0.4) is 0 Å². The highest BCUT2D eigenvalue weighted by atomic mass is 19.4. The Balaban J connectivity index is 3.40. The Labute approximate surface area is 82.1 Å². The van der Waals surface area contributed by atoms with Crippen molar-refractivity contribution in [3.05, 3.63) is 11.6 Å². The second-order valence-electron chi connectivity index (χ2n) is 2.76. The first-order valence-electron chi connectivity index (χ1n) is 3.70. The summed E-state index contributed by atoms with van der Waals surface area (Å²) in [6.07, 6.45) is -3.68. The molecular weight excluding hydrogens is 218 g/mol. The van der Waals surface area contributed by atoms with Gasteiger partial charge in [-0.05, 0) is 0 Å². The van der Waals surface area contributed by atoms with E-state index in [9.17, 15) is 22.4 Å². The zero-order valence-electron chi connectivity index (χ0n) is 7.76. The number of aromatic nitrogens is 2. The van der Waals surface area contributed by atoms with Crippen molar-refractivity contribution in [2.45, 2.75) is 6.18 Å². The van der Waals surface area contributed by atoms with Gasteiger partial charge in [-0.1, -0.05) is 0 Å². The van der Waals surface area contributed by atoms with Crippen LogP contribution in [0, 0.1) is 5.95 Å². The van der Waals surface area contributed by atoms with E-state index in [0.717, 1.165) is 20.5 Å². The molecule has 0 bridgehead atoms. The van der Waals surface area contributed by atoms with Gasteiger partial charge in [-0.15, -0.1) is 0 Å². The fraction of sp³-hybridized carbons (Fsp3) is 0.429. The van der Waals surface area contributed by atoms with Crippen LogP contribution in [0.2, 0.25) is 0 Å². The van der Waals surface area contributed by atoms with Crippen LogP contribution < -0.4 is 4.90 Å². The normalized spacial score (nSPS) is 11.6. The SMILES string of the molecule is CN([C]=O)c1c(C(F)(F)F)nn(C)c1F. The van der Waals surface area contributed by atoms with Gasteiger partial charge in [0.25, 0.3) is 0 Å². The fourth-order valence-corrected chi connectivity index (χ4v) is 1.03. The maximum absolute atomic E-state index is 13.2. The molecule has 1 aromatic rings. The summed E-state index contributed by atoms with van der Waals surface area (Å²) in [5.74, 6) is -1.24. The largest absolute Gasteiger partial charge is 0.437 e. The van der Waals surface area contributed by atoms with Crippen LogP contribution in [0.4, 0.5) is 23.2 Å². The number of carbonyl (C=O) groups excluding carboxylic acids is 1. The number of aryl methyl sites for hydroxylation is 1. The van der Waals surface area contributed by atoms with E-state index in [-0.39, 0.29) is 0 Å². The first-order chi connectivity index (χ1) is 6.79. The predicted octanol–water partition coefficient (Wildman–Crippen LogP) is 1.08. The van der Waals surface area contributed by atoms with E-state index < -0.39 is 23.5 Å². The molecule has 0 aliphatic carbocycles. The number of nitrogens with zero attached hydrogens (tertiary/aromatic N) is 3. The van der Waals surface area contributed by atoms with E-state index in [4.69, 9.17) is 0 Å². The monoisotopic (exact) mass is 224 g/mol. The molecule has 83 valence electrons. The smallest absolute Gasteiger partial charge is 0.301 e. The van der Waals surface area contributed by atoms with Crippen molar-refractivity contribution < 1.29 is 22.4 Å². The van der Waals surface area contributed by atoms with Gasteiger partial charge in [0.1, 0.15) is 5.69 Å². The lowest BCUT2D eigenvalue weighted by atomic mass is 10.3. The summed E-state index contributed by atoms with van der Waals surface area (Å²) < 4.78 is 50.6. The van der Waals surface area contributed by atoms with Gasteiger partial charge in [-0.2, -0.15) is 22.7 Å². The highest BCUT2D eigenvalue weighted by molar-refractivity contribution is 5.76. The quantitative estimate of drug-likeness (QED) is 0.557. The van der Waals surface area contributed by atoms with Gasteiger partial charge in [0.05, 0.1) is 0 Å². The van der Waals surface area contributed by atoms with Crippen molar-refractivity contribution in [3.8, 4) is 0 Å². The van der Waals surface area contributed by atoms with Crippen LogP contribution in [-0.2, 0) is 18.0 Å². The molecule has 0 aliphatic rings. The molecule has 1 rings (SSSR count). The van der Waals surface area contributed by atoms with Gasteiger partial charge in [0, 0.05) is 14.1 Å². The van der Waals surface area contributed by atoms with Gasteiger partial charge in [-0.3, -0.25) is 4.79 Å². The molecule has 0 aromatic carbocycles. The Hall–Kier alpha value is -1.60. The lowest BCUT2D eigenvalue weighted by molar-refractivity contribution is -0.140. The zero-order chi connectivity index (χ0) is 11.8. The van der Waals surface area contributed by atoms with Crippen molar-refractivity contribution in [1.29, 1.82) is 0 Å². The Morgan fingerprint density at radius 1 is 1.47 bits per heavy atom. The first kappa shape index (κ1) is 11.5. The maximum Gasteiger partial charge on any atom is 0.437 e. The van der Waals surface area contributed by atoms with Crippen LogP contribution >= 0.6 is 0 Å². The number of anilines is 1. The lowest BCUT2D eigenvalue weighted by Gasteiger charge is -2.10. The topological polar surface area (TPSA) is 38.1 Å². The van der Waals surface area contributed by atoms with E-state index in [2.05, 4.69) is 5.10 Å². The minimum atomic E-state index is -4.82. The molecular formula is C7H6F4N3O. The van der Waals surface area contributed by atoms with E-state index in [1.165, 1.54) is 0 Å². The number of halogens is 4. The molecule has 0 aliphatic heterocycles. The summed E-state index contributed by atoms with van der Waals surface area (Å²) >= 11 is 0. The van der Waals surface area contributed by atoms with E-state index in [1.54, 1.807) is 0 Å². The van der Waals surface area contributed by atoms with Crippen molar-refractivity contribution >= 4 is 12.1 Å². The summed E-state index contributed by atoms with van der Waals surface area (Å²) in [6.45, 7) is 0. The molecule has 1 amide bonds. The average Bonchev–Trinajstić information content (AvgIpc) is 2.42. The lowest BCUT2D eigenvalue weighted by Crippen LogP contribution is -2.19. The number of rotatable bonds is 2. The van der Waals surface area contributed by atoms with Gasteiger partial charge in [0.15, 0.2) is 5.69 Å². The Bertz CT molecular complexity index is 384. The van der Waals surface area contributed by atoms with E-state index in [1.807, 2.05) is 0 Å². The van der Waals surface area contributed by atoms with Crippen molar-refractivity contribution in [1.82, 2.24) is 9.78 Å². The summed E-state index contributed by atoms with van der Waals surface area (Å²) in [5.41, 5.74) is -2.38. The number of hydrogen-bond acceptors (Lipinski definition) is 2. The standard InChI is InChI=1S/C7H6F4N3O/c1-13(3-15)4-5(7(9,10)11)12-14(2)6(4)8/h1-2H3. The molecule has 0 unspecified atom stereocenters. The zero-order valence-corrected chi connectivity index (χ0v) is 7.76. The Kier molecular flexibility index (Phi) is 2.69. The highest BCUT2D eigenvalue weighted by Crippen LogP contribution is 2.36. The highest BCUT2D eigenvalue weighted by Gasteiger charge is 2.40. The molecule has 8 heteroatoms. The molecule has 0 N–H and O–H groups in total. The summed E-state index contributed by atoms with van der Waals surface area (Å²) in [4.78, 5) is 10.5. The molecule has 0 fully saturated rings. The van der Waals surface area contributed by atoms with Gasteiger partial charge in [-0.25, -0.2) is 4.68 Å². The van der Waals surface area contributed by atoms with E-state index >= 15 is 0 Å². The number of hydrogen-bond donors (Lipinski definition) is 0. The third-order valence-corrected chi connectivity index (χ3v) is 1.69. The molecule has 1 radical (unpaired) electrons. The molecule has 4 nitrogen and oxygen atoms in total. The number of amides is 1. The Morgan fingerprint density at radius 2 is 2.00 bits per heavy atom. The summed E-state index contributed by atoms with van der Waals surface area (Å²) in [7, 11) is 1.97. The Morgan fingerprint density at radius 3 is 2.40 bits per heavy atom. The molecule has 15 heavy (non-hydrogen) atoms. The molecule has 0 saturated heterocycles. The predicted molar refractivity (Wildman–Crippen MR) is 42.3 cm³/mol. The van der Waals surface area contributed by atoms with Crippen molar-refractivity contribution in [2.75, 3.05) is 11.9 Å². The second kappa shape index (κ2) is 3.52. The summed E-state index contributed by atoms with van der Waals surface area (Å²) in [6, 6.07) is 0. The molecule has 0 spiro atoms. The third kappa shape index (κ3) is 1.92. The van der Waals surface area contributed by atoms with Crippen LogP contribution in [0.1, 0.15) is 5.69 Å². The van der Waals surface area contributed by atoms with E-state index in [0.29, 0.717) is 9.58 Å². The number of alkyl halides is 3. The van der Waals surface area contributed by atoms with Gasteiger partial charge < -0.3 is 4.90 Å². The average molecular weight is 224 g/mol. The minimum Gasteiger partial charge on any atom is -0.301 e. The van der Waals surface area contributed by atoms with Gasteiger partial charge >= 0.3 is 12.6 Å². The third-order valence-electron chi connectivity index (χ3n) is 1.69. The van der Waals surface area contributed by atoms with Crippen LogP contribution in [0.15, 0.2) is 0 Å². The van der Waals surface area contributed by atoms with Crippen LogP contribution in [-0.4, -0.2) is 23.2 Å². The van der Waals surface area contributed by atoms with Crippen molar-refractivity contribution in [2.24, 2.45) is 7.05 Å².